The molecule has 1 aromatic carbocycles. The molecule has 0 radical (unpaired) electrons. The highest BCUT2D eigenvalue weighted by Crippen LogP contribution is 2.19. The van der Waals surface area contributed by atoms with Gasteiger partial charge in [-0.25, -0.2) is 0 Å². The van der Waals surface area contributed by atoms with Gasteiger partial charge in [0.1, 0.15) is 5.51 Å². The van der Waals surface area contributed by atoms with Gasteiger partial charge in [0, 0.05) is 13.6 Å². The summed E-state index contributed by atoms with van der Waals surface area (Å²) in [6, 6.07) is 8.22. The van der Waals surface area contributed by atoms with Crippen molar-refractivity contribution in [3.63, 3.8) is 0 Å². The fraction of sp³-hybridized carbons (Fsp3) is 0.308. The Bertz CT molecular complexity index is 525. The fourth-order valence-corrected chi connectivity index (χ4v) is 2.94. The topological polar surface area (TPSA) is 46.1 Å². The lowest BCUT2D eigenvalue weighted by Crippen LogP contribution is -2.27. The first-order valence-electron chi connectivity index (χ1n) is 5.83. The van der Waals surface area contributed by atoms with Crippen LogP contribution in [0.2, 0.25) is 0 Å². The number of hydrogen-bond acceptors (Lipinski definition) is 5. The molecule has 0 saturated carbocycles. The van der Waals surface area contributed by atoms with Gasteiger partial charge in [-0.3, -0.25) is 4.79 Å². The summed E-state index contributed by atoms with van der Waals surface area (Å²) in [5, 5.41) is 7.65. The summed E-state index contributed by atoms with van der Waals surface area (Å²) in [6.45, 7) is 2.69. The Hall–Kier alpha value is -1.40. The Balaban J connectivity index is 1.83. The highest BCUT2D eigenvalue weighted by molar-refractivity contribution is 8.01. The molecule has 0 saturated heterocycles. The van der Waals surface area contributed by atoms with Crippen LogP contribution in [0.15, 0.2) is 34.1 Å². The number of carbonyl (C=O) groups is 1. The fourth-order valence-electron chi connectivity index (χ4n) is 1.52. The minimum atomic E-state index is 0.0979. The normalized spacial score (nSPS) is 10.4. The minimum Gasteiger partial charge on any atom is -0.341 e. The van der Waals surface area contributed by atoms with Crippen molar-refractivity contribution >= 4 is 29.0 Å². The van der Waals surface area contributed by atoms with Crippen LogP contribution in [0.5, 0.6) is 0 Å². The van der Waals surface area contributed by atoms with Gasteiger partial charge in [0.25, 0.3) is 0 Å². The number of nitrogens with zero attached hydrogens (tertiary/aromatic N) is 3. The number of benzene rings is 1. The van der Waals surface area contributed by atoms with Crippen LogP contribution in [0, 0.1) is 6.92 Å². The van der Waals surface area contributed by atoms with E-state index in [1.807, 2.05) is 7.05 Å². The molecule has 0 spiro atoms. The van der Waals surface area contributed by atoms with Gasteiger partial charge in [-0.15, -0.1) is 10.2 Å². The van der Waals surface area contributed by atoms with Crippen molar-refractivity contribution in [2.45, 2.75) is 17.8 Å². The molecule has 4 nitrogen and oxygen atoms in total. The van der Waals surface area contributed by atoms with Crippen molar-refractivity contribution in [2.75, 3.05) is 12.8 Å². The van der Waals surface area contributed by atoms with Crippen molar-refractivity contribution in [3.8, 4) is 0 Å². The van der Waals surface area contributed by atoms with Gasteiger partial charge < -0.3 is 4.90 Å². The van der Waals surface area contributed by atoms with Crippen molar-refractivity contribution in [1.29, 1.82) is 0 Å². The second-order valence-corrected chi connectivity index (χ2v) is 6.28. The Morgan fingerprint density at radius 3 is 2.74 bits per heavy atom. The van der Waals surface area contributed by atoms with E-state index in [0.29, 0.717) is 12.3 Å². The van der Waals surface area contributed by atoms with Crippen LogP contribution >= 0.6 is 23.1 Å². The van der Waals surface area contributed by atoms with Crippen LogP contribution in [0.25, 0.3) is 0 Å². The van der Waals surface area contributed by atoms with E-state index < -0.39 is 0 Å². The van der Waals surface area contributed by atoms with Crippen molar-refractivity contribution in [3.05, 3.63) is 40.9 Å². The van der Waals surface area contributed by atoms with Crippen LogP contribution in [0.3, 0.4) is 0 Å². The lowest BCUT2D eigenvalue weighted by atomic mass is 10.1. The first-order valence-corrected chi connectivity index (χ1v) is 7.70. The van der Waals surface area contributed by atoms with E-state index in [4.69, 9.17) is 0 Å². The monoisotopic (exact) mass is 293 g/mol. The highest BCUT2D eigenvalue weighted by atomic mass is 32.2. The molecular formula is C13H15N3OS2. The molecule has 19 heavy (non-hydrogen) atoms. The summed E-state index contributed by atoms with van der Waals surface area (Å²) in [5.74, 6) is 0.498. The zero-order valence-corrected chi connectivity index (χ0v) is 12.5. The predicted molar refractivity (Wildman–Crippen MR) is 78.3 cm³/mol. The maximum atomic E-state index is 12.0. The number of rotatable bonds is 5. The van der Waals surface area contributed by atoms with Gasteiger partial charge in [0.15, 0.2) is 4.34 Å². The summed E-state index contributed by atoms with van der Waals surface area (Å²) in [4.78, 5) is 13.7. The zero-order valence-electron chi connectivity index (χ0n) is 10.9. The van der Waals surface area contributed by atoms with E-state index in [1.165, 1.54) is 28.7 Å². The highest BCUT2D eigenvalue weighted by Gasteiger charge is 2.10. The maximum Gasteiger partial charge on any atom is 0.233 e. The summed E-state index contributed by atoms with van der Waals surface area (Å²) in [6.07, 6.45) is 0. The van der Waals surface area contributed by atoms with Crippen LogP contribution in [-0.2, 0) is 11.3 Å². The molecule has 1 amide bonds. The molecule has 0 atom stereocenters. The molecule has 6 heteroatoms. The Morgan fingerprint density at radius 2 is 2.11 bits per heavy atom. The second kappa shape index (κ2) is 6.68. The summed E-state index contributed by atoms with van der Waals surface area (Å²) in [7, 11) is 1.82. The quantitative estimate of drug-likeness (QED) is 0.795. The molecule has 0 fully saturated rings. The third-order valence-electron chi connectivity index (χ3n) is 2.63. The van der Waals surface area contributed by atoms with E-state index in [9.17, 15) is 4.79 Å². The third-order valence-corrected chi connectivity index (χ3v) is 4.47. The Labute approximate surface area is 120 Å². The molecular weight excluding hydrogens is 278 g/mol. The van der Waals surface area contributed by atoms with Gasteiger partial charge >= 0.3 is 0 Å². The van der Waals surface area contributed by atoms with Gasteiger partial charge in [-0.05, 0) is 12.5 Å². The molecule has 2 aromatic rings. The number of thioether (sulfide) groups is 1. The number of amides is 1. The van der Waals surface area contributed by atoms with Crippen LogP contribution < -0.4 is 0 Å². The standard InChI is InChI=1S/C13H15N3OS2/c1-10-3-5-11(6-4-10)7-16(2)12(17)8-18-13-15-14-9-19-13/h3-6,9H,7-8H2,1-2H3. The van der Waals surface area contributed by atoms with Crippen LogP contribution in [0.1, 0.15) is 11.1 Å². The number of aryl methyl sites for hydroxylation is 1. The summed E-state index contributed by atoms with van der Waals surface area (Å²) >= 11 is 2.88. The van der Waals surface area contributed by atoms with Crippen LogP contribution in [-0.4, -0.2) is 33.8 Å². The molecule has 0 aliphatic rings. The molecule has 0 unspecified atom stereocenters. The molecule has 0 aliphatic carbocycles. The van der Waals surface area contributed by atoms with Gasteiger partial charge in [-0.1, -0.05) is 52.9 Å². The predicted octanol–water partition coefficient (Wildman–Crippen LogP) is 2.60. The molecule has 0 bridgehead atoms. The summed E-state index contributed by atoms with van der Waals surface area (Å²) in [5.41, 5.74) is 4.04. The molecule has 100 valence electrons. The van der Waals surface area contributed by atoms with E-state index in [-0.39, 0.29) is 5.91 Å². The van der Waals surface area contributed by atoms with E-state index in [2.05, 4.69) is 41.4 Å². The molecule has 2 rings (SSSR count). The van der Waals surface area contributed by atoms with Crippen molar-refractivity contribution < 1.29 is 4.79 Å². The lowest BCUT2D eigenvalue weighted by Gasteiger charge is -2.16. The minimum absolute atomic E-state index is 0.0979. The molecule has 1 aromatic heterocycles. The smallest absolute Gasteiger partial charge is 0.233 e. The van der Waals surface area contributed by atoms with Crippen molar-refractivity contribution in [2.24, 2.45) is 0 Å². The number of hydrogen-bond donors (Lipinski definition) is 0. The molecule has 0 aliphatic heterocycles. The van der Waals surface area contributed by atoms with Gasteiger partial charge in [-0.2, -0.15) is 0 Å². The zero-order chi connectivity index (χ0) is 13.7. The number of aromatic nitrogens is 2. The average Bonchev–Trinajstić information content (AvgIpc) is 2.91. The number of carbonyl (C=O) groups excluding carboxylic acids is 1. The van der Waals surface area contributed by atoms with E-state index >= 15 is 0 Å². The van der Waals surface area contributed by atoms with Crippen LogP contribution in [0.4, 0.5) is 0 Å². The van der Waals surface area contributed by atoms with Gasteiger partial charge in [0.2, 0.25) is 5.91 Å². The van der Waals surface area contributed by atoms with E-state index in [1.54, 1.807) is 10.4 Å². The first kappa shape index (κ1) is 14.0. The van der Waals surface area contributed by atoms with E-state index in [0.717, 1.165) is 9.90 Å². The largest absolute Gasteiger partial charge is 0.341 e. The maximum absolute atomic E-state index is 12.0. The first-order chi connectivity index (χ1) is 9.15. The SMILES string of the molecule is Cc1ccc(CN(C)C(=O)CSc2nncs2)cc1. The van der Waals surface area contributed by atoms with Gasteiger partial charge in [0.05, 0.1) is 5.75 Å². The van der Waals surface area contributed by atoms with Crippen molar-refractivity contribution in [1.82, 2.24) is 15.1 Å². The lowest BCUT2D eigenvalue weighted by molar-refractivity contribution is -0.127. The molecule has 1 heterocycles. The average molecular weight is 293 g/mol. The Kier molecular flexibility index (Phi) is 4.93. The Morgan fingerprint density at radius 1 is 1.37 bits per heavy atom. The molecule has 0 N–H and O–H groups in total. The summed E-state index contributed by atoms with van der Waals surface area (Å²) < 4.78 is 0.831. The second-order valence-electron chi connectivity index (χ2n) is 4.23. The third kappa shape index (κ3) is 4.33.